The predicted molar refractivity (Wildman–Crippen MR) is 111 cm³/mol. The van der Waals surface area contributed by atoms with E-state index in [1.165, 1.54) is 30.5 Å². The van der Waals surface area contributed by atoms with E-state index in [-0.39, 0.29) is 0 Å². The molecule has 0 unspecified atom stereocenters. The van der Waals surface area contributed by atoms with Crippen molar-refractivity contribution in [3.63, 3.8) is 0 Å². The van der Waals surface area contributed by atoms with E-state index in [0.717, 1.165) is 36.5 Å². The lowest BCUT2D eigenvalue weighted by Crippen LogP contribution is -2.29. The molecule has 3 rings (SSSR count). The maximum absolute atomic E-state index is 5.61. The molecule has 26 heavy (non-hydrogen) atoms. The number of hydrogen-bond acceptors (Lipinski definition) is 3. The average Bonchev–Trinajstić information content (AvgIpc) is 2.72. The van der Waals surface area contributed by atoms with Crippen molar-refractivity contribution in [1.29, 1.82) is 0 Å². The maximum atomic E-state index is 5.61. The highest BCUT2D eigenvalue weighted by molar-refractivity contribution is 5.86. The lowest BCUT2D eigenvalue weighted by Gasteiger charge is -2.29. The fourth-order valence-electron chi connectivity index (χ4n) is 3.42. The van der Waals surface area contributed by atoms with Gasteiger partial charge in [-0.2, -0.15) is 0 Å². The van der Waals surface area contributed by atoms with E-state index in [0.29, 0.717) is 5.92 Å². The Bertz CT molecular complexity index is 730. The number of methoxy groups -OCH3 is 1. The Morgan fingerprint density at radius 2 is 1.81 bits per heavy atom. The molecule has 1 atom stereocenters. The van der Waals surface area contributed by atoms with Crippen molar-refractivity contribution in [3.8, 4) is 5.75 Å². The predicted octanol–water partition coefficient (Wildman–Crippen LogP) is 5.95. The number of nitrogens with zero attached hydrogens (tertiary/aromatic N) is 2. The number of anilines is 1. The van der Waals surface area contributed by atoms with E-state index in [9.17, 15) is 0 Å². The zero-order valence-electron chi connectivity index (χ0n) is 16.2. The maximum Gasteiger partial charge on any atom is 0.129 e. The molecule has 1 saturated heterocycles. The molecule has 0 aliphatic carbocycles. The minimum absolute atomic E-state index is 0.593. The number of aliphatic imine (C=N–C) groups is 1. The number of benzene rings is 2. The van der Waals surface area contributed by atoms with Gasteiger partial charge in [-0.15, -0.1) is 0 Å². The Morgan fingerprint density at radius 3 is 2.46 bits per heavy atom. The van der Waals surface area contributed by atoms with Gasteiger partial charge in [-0.25, -0.2) is 0 Å². The van der Waals surface area contributed by atoms with Crippen molar-refractivity contribution in [3.05, 3.63) is 53.6 Å². The third-order valence-corrected chi connectivity index (χ3v) is 5.37. The molecule has 0 amide bonds. The molecule has 2 aromatic carbocycles. The molecule has 0 aromatic heterocycles. The Hall–Kier alpha value is -2.29. The van der Waals surface area contributed by atoms with E-state index in [4.69, 9.17) is 4.74 Å². The minimum Gasteiger partial charge on any atom is -0.496 e. The standard InChI is InChI=1S/C23H30N2O/c1-4-18(2)19-8-11-21(12-9-19)24-17-20-10-13-22(16-23(20)26-3)25-14-6-5-7-15-25/h8-13,16-18H,4-7,14-15H2,1-3H3/t18-/m0/s1. The van der Waals surface area contributed by atoms with E-state index in [2.05, 4.69) is 66.2 Å². The van der Waals surface area contributed by atoms with Crippen LogP contribution in [0.15, 0.2) is 47.5 Å². The van der Waals surface area contributed by atoms with Gasteiger partial charge >= 0.3 is 0 Å². The Morgan fingerprint density at radius 1 is 1.08 bits per heavy atom. The van der Waals surface area contributed by atoms with Crippen molar-refractivity contribution in [1.82, 2.24) is 0 Å². The molecular weight excluding hydrogens is 320 g/mol. The van der Waals surface area contributed by atoms with E-state index >= 15 is 0 Å². The molecule has 1 aliphatic rings. The van der Waals surface area contributed by atoms with Crippen LogP contribution >= 0.6 is 0 Å². The summed E-state index contributed by atoms with van der Waals surface area (Å²) in [6, 6.07) is 15.0. The molecule has 1 fully saturated rings. The first-order chi connectivity index (χ1) is 12.7. The van der Waals surface area contributed by atoms with Gasteiger partial charge in [0, 0.05) is 36.6 Å². The van der Waals surface area contributed by atoms with Gasteiger partial charge < -0.3 is 9.64 Å². The molecule has 1 heterocycles. The SMILES string of the molecule is CC[C@H](C)c1ccc(N=Cc2ccc(N3CCCCC3)cc2OC)cc1. The van der Waals surface area contributed by atoms with Crippen LogP contribution < -0.4 is 9.64 Å². The van der Waals surface area contributed by atoms with Gasteiger partial charge in [-0.1, -0.05) is 26.0 Å². The van der Waals surface area contributed by atoms with E-state index < -0.39 is 0 Å². The van der Waals surface area contributed by atoms with Crippen LogP contribution in [-0.2, 0) is 0 Å². The van der Waals surface area contributed by atoms with Crippen LogP contribution in [0.1, 0.15) is 56.6 Å². The lowest BCUT2D eigenvalue weighted by atomic mass is 9.99. The summed E-state index contributed by atoms with van der Waals surface area (Å²) < 4.78 is 5.61. The fraction of sp³-hybridized carbons (Fsp3) is 0.435. The summed E-state index contributed by atoms with van der Waals surface area (Å²) in [5, 5.41) is 0. The summed E-state index contributed by atoms with van der Waals surface area (Å²) in [5.74, 6) is 1.48. The second-order valence-electron chi connectivity index (χ2n) is 7.13. The van der Waals surface area contributed by atoms with E-state index in [1.807, 2.05) is 6.21 Å². The van der Waals surface area contributed by atoms with Crippen molar-refractivity contribution in [2.45, 2.75) is 45.4 Å². The molecule has 138 valence electrons. The highest BCUT2D eigenvalue weighted by Crippen LogP contribution is 2.28. The zero-order chi connectivity index (χ0) is 18.4. The van der Waals surface area contributed by atoms with Gasteiger partial charge in [0.25, 0.3) is 0 Å². The number of hydrogen-bond donors (Lipinski definition) is 0. The molecule has 0 radical (unpaired) electrons. The van der Waals surface area contributed by atoms with Crippen molar-refractivity contribution in [2.75, 3.05) is 25.1 Å². The molecule has 0 N–H and O–H groups in total. The summed E-state index contributed by atoms with van der Waals surface area (Å²) in [7, 11) is 1.73. The summed E-state index contributed by atoms with van der Waals surface area (Å²) in [5.41, 5.74) is 4.60. The molecule has 3 nitrogen and oxygen atoms in total. The molecule has 1 aliphatic heterocycles. The van der Waals surface area contributed by atoms with Gasteiger partial charge in [-0.05, 0) is 61.4 Å². The molecule has 2 aromatic rings. The highest BCUT2D eigenvalue weighted by atomic mass is 16.5. The normalized spacial score (nSPS) is 16.0. The lowest BCUT2D eigenvalue weighted by molar-refractivity contribution is 0.414. The van der Waals surface area contributed by atoms with Gasteiger partial charge in [0.05, 0.1) is 12.8 Å². The Balaban J connectivity index is 1.75. The third-order valence-electron chi connectivity index (χ3n) is 5.37. The highest BCUT2D eigenvalue weighted by Gasteiger charge is 2.12. The summed E-state index contributed by atoms with van der Waals surface area (Å²) >= 11 is 0. The van der Waals surface area contributed by atoms with Gasteiger partial charge in [0.2, 0.25) is 0 Å². The monoisotopic (exact) mass is 350 g/mol. The second-order valence-corrected chi connectivity index (χ2v) is 7.13. The first-order valence-corrected chi connectivity index (χ1v) is 9.78. The number of ether oxygens (including phenoxy) is 1. The van der Waals surface area contributed by atoms with E-state index in [1.54, 1.807) is 7.11 Å². The fourth-order valence-corrected chi connectivity index (χ4v) is 3.42. The van der Waals surface area contributed by atoms with Gasteiger partial charge in [0.15, 0.2) is 0 Å². The minimum atomic E-state index is 0.593. The van der Waals surface area contributed by atoms with Crippen molar-refractivity contribution in [2.24, 2.45) is 4.99 Å². The molecule has 0 spiro atoms. The topological polar surface area (TPSA) is 24.8 Å². The largest absolute Gasteiger partial charge is 0.496 e. The number of rotatable bonds is 6. The Kier molecular flexibility index (Phi) is 6.32. The quantitative estimate of drug-likeness (QED) is 0.601. The van der Waals surface area contributed by atoms with Crippen LogP contribution in [0, 0.1) is 0 Å². The van der Waals surface area contributed by atoms with Crippen LogP contribution in [0.25, 0.3) is 0 Å². The molecule has 3 heteroatoms. The number of piperidine rings is 1. The summed E-state index contributed by atoms with van der Waals surface area (Å²) in [4.78, 5) is 7.08. The smallest absolute Gasteiger partial charge is 0.129 e. The molecule has 0 saturated carbocycles. The third kappa shape index (κ3) is 4.46. The summed E-state index contributed by atoms with van der Waals surface area (Å²) in [6.45, 7) is 6.75. The van der Waals surface area contributed by atoms with Crippen LogP contribution in [0.3, 0.4) is 0 Å². The van der Waals surface area contributed by atoms with Crippen LogP contribution in [0.4, 0.5) is 11.4 Å². The van der Waals surface area contributed by atoms with Gasteiger partial charge in [-0.3, -0.25) is 4.99 Å². The Labute approximate surface area is 157 Å². The van der Waals surface area contributed by atoms with Crippen molar-refractivity contribution < 1.29 is 4.74 Å². The summed E-state index contributed by atoms with van der Waals surface area (Å²) in [6.07, 6.45) is 6.95. The molecular formula is C23H30N2O. The van der Waals surface area contributed by atoms with Crippen molar-refractivity contribution >= 4 is 17.6 Å². The molecule has 0 bridgehead atoms. The van der Waals surface area contributed by atoms with Crippen LogP contribution in [0.2, 0.25) is 0 Å². The first kappa shape index (κ1) is 18.5. The van der Waals surface area contributed by atoms with Crippen LogP contribution in [0.5, 0.6) is 5.75 Å². The van der Waals surface area contributed by atoms with Gasteiger partial charge in [0.1, 0.15) is 5.75 Å². The zero-order valence-corrected chi connectivity index (χ0v) is 16.2. The van der Waals surface area contributed by atoms with Crippen LogP contribution in [-0.4, -0.2) is 26.4 Å². The average molecular weight is 351 g/mol. The first-order valence-electron chi connectivity index (χ1n) is 9.78. The second kappa shape index (κ2) is 8.88.